The van der Waals surface area contributed by atoms with E-state index in [0.29, 0.717) is 11.1 Å². The van der Waals surface area contributed by atoms with Crippen LogP contribution in [0, 0.1) is 3.57 Å². The molecule has 112 valence electrons. The predicted molar refractivity (Wildman–Crippen MR) is 91.1 cm³/mol. The molecule has 0 fully saturated rings. The van der Waals surface area contributed by atoms with Crippen molar-refractivity contribution in [3.05, 3.63) is 63.2 Å². The molecule has 0 aromatic heterocycles. The quantitative estimate of drug-likeness (QED) is 0.577. The number of rotatable bonds is 4. The van der Waals surface area contributed by atoms with Crippen molar-refractivity contribution >= 4 is 34.4 Å². The Hall–Kier alpha value is -1.89. The number of hydrogen-bond donors (Lipinski definition) is 0. The molecule has 1 aliphatic rings. The second-order valence-corrected chi connectivity index (χ2v) is 6.28. The number of carbonyl (C=O) groups is 2. The summed E-state index contributed by atoms with van der Waals surface area (Å²) in [5.41, 5.74) is 0.933. The van der Waals surface area contributed by atoms with Gasteiger partial charge in [0.25, 0.3) is 11.8 Å². The molecule has 1 atom stereocenters. The molecule has 1 heterocycles. The van der Waals surface area contributed by atoms with Crippen LogP contribution in [0.2, 0.25) is 0 Å². The molecule has 5 heteroatoms. The van der Waals surface area contributed by atoms with Gasteiger partial charge in [-0.05, 0) is 53.8 Å². The third-order valence-electron chi connectivity index (χ3n) is 3.58. The van der Waals surface area contributed by atoms with Gasteiger partial charge in [0, 0.05) is 0 Å². The van der Waals surface area contributed by atoms with E-state index in [2.05, 4.69) is 22.6 Å². The first-order valence-corrected chi connectivity index (χ1v) is 8.01. The molecule has 0 bridgehead atoms. The average molecular weight is 407 g/mol. The van der Waals surface area contributed by atoms with E-state index in [1.54, 1.807) is 24.3 Å². The summed E-state index contributed by atoms with van der Waals surface area (Å²) in [7, 11) is 0. The summed E-state index contributed by atoms with van der Waals surface area (Å²) in [5.74, 6) is 0.255. The topological polar surface area (TPSA) is 46.6 Å². The molecule has 3 rings (SSSR count). The van der Waals surface area contributed by atoms with Crippen LogP contribution in [0.1, 0.15) is 27.6 Å². The van der Waals surface area contributed by atoms with Crippen LogP contribution in [0.25, 0.3) is 0 Å². The Balaban J connectivity index is 1.74. The van der Waals surface area contributed by atoms with Crippen LogP contribution in [0.3, 0.4) is 0 Å². The van der Waals surface area contributed by atoms with Crippen molar-refractivity contribution < 1.29 is 14.3 Å². The van der Waals surface area contributed by atoms with Crippen molar-refractivity contribution in [1.29, 1.82) is 0 Å². The van der Waals surface area contributed by atoms with E-state index in [1.165, 1.54) is 4.90 Å². The lowest BCUT2D eigenvalue weighted by Crippen LogP contribution is -2.41. The fraction of sp³-hybridized carbons (Fsp3) is 0.176. The van der Waals surface area contributed by atoms with E-state index in [4.69, 9.17) is 4.74 Å². The van der Waals surface area contributed by atoms with Gasteiger partial charge < -0.3 is 4.74 Å². The van der Waals surface area contributed by atoms with Crippen LogP contribution in [0.15, 0.2) is 48.5 Å². The Labute approximate surface area is 142 Å². The fourth-order valence-corrected chi connectivity index (χ4v) is 3.00. The number of ether oxygens (including phenoxy) is 1. The minimum absolute atomic E-state index is 0.251. The molecule has 0 unspecified atom stereocenters. The van der Waals surface area contributed by atoms with E-state index in [0.717, 1.165) is 9.32 Å². The monoisotopic (exact) mass is 407 g/mol. The molecule has 0 saturated carbocycles. The Morgan fingerprint density at radius 3 is 2.14 bits per heavy atom. The molecule has 0 spiro atoms. The van der Waals surface area contributed by atoms with Gasteiger partial charge in [-0.2, -0.15) is 0 Å². The highest BCUT2D eigenvalue weighted by molar-refractivity contribution is 14.1. The lowest BCUT2D eigenvalue weighted by molar-refractivity contribution is 0.0550. The largest absolute Gasteiger partial charge is 0.490 e. The standard InChI is InChI=1S/C17H14INO3/c1-11(10-22-15-9-5-4-8-14(15)18)19-16(20)12-6-2-3-7-13(12)17(19)21/h2-9,11H,10H2,1H3/t11-/m0/s1. The molecule has 0 radical (unpaired) electrons. The first-order valence-electron chi connectivity index (χ1n) is 6.94. The summed E-state index contributed by atoms with van der Waals surface area (Å²) in [6.45, 7) is 2.09. The van der Waals surface area contributed by atoms with Crippen molar-refractivity contribution in [2.24, 2.45) is 0 Å². The van der Waals surface area contributed by atoms with Gasteiger partial charge in [-0.1, -0.05) is 24.3 Å². The second kappa shape index (κ2) is 6.08. The molecular weight excluding hydrogens is 393 g/mol. The zero-order chi connectivity index (χ0) is 15.7. The molecule has 0 aliphatic carbocycles. The molecule has 2 aromatic carbocycles. The Morgan fingerprint density at radius 2 is 1.55 bits per heavy atom. The van der Waals surface area contributed by atoms with Crippen LogP contribution in [0.5, 0.6) is 5.75 Å². The first kappa shape index (κ1) is 15.0. The normalized spacial score (nSPS) is 14.9. The van der Waals surface area contributed by atoms with Crippen molar-refractivity contribution in [1.82, 2.24) is 4.90 Å². The number of nitrogens with zero attached hydrogens (tertiary/aromatic N) is 1. The maximum absolute atomic E-state index is 12.4. The number of halogens is 1. The molecule has 0 saturated heterocycles. The lowest BCUT2D eigenvalue weighted by atomic mass is 10.1. The summed E-state index contributed by atoms with van der Waals surface area (Å²) in [6, 6.07) is 14.2. The number of benzene rings is 2. The van der Waals surface area contributed by atoms with Gasteiger partial charge in [-0.15, -0.1) is 0 Å². The maximum atomic E-state index is 12.4. The van der Waals surface area contributed by atoms with Gasteiger partial charge in [-0.3, -0.25) is 14.5 Å². The van der Waals surface area contributed by atoms with Gasteiger partial charge in [-0.25, -0.2) is 0 Å². The molecule has 2 aromatic rings. The van der Waals surface area contributed by atoms with E-state index in [1.807, 2.05) is 31.2 Å². The maximum Gasteiger partial charge on any atom is 0.261 e. The van der Waals surface area contributed by atoms with Crippen LogP contribution < -0.4 is 4.74 Å². The number of imide groups is 1. The Kier molecular flexibility index (Phi) is 4.15. The summed E-state index contributed by atoms with van der Waals surface area (Å²) >= 11 is 2.19. The fourth-order valence-electron chi connectivity index (χ4n) is 2.45. The smallest absolute Gasteiger partial charge is 0.261 e. The number of carbonyl (C=O) groups excluding carboxylic acids is 2. The summed E-state index contributed by atoms with van der Waals surface area (Å²) < 4.78 is 6.75. The molecule has 22 heavy (non-hydrogen) atoms. The molecule has 1 aliphatic heterocycles. The first-order chi connectivity index (χ1) is 10.6. The number of fused-ring (bicyclic) bond motifs is 1. The van der Waals surface area contributed by atoms with E-state index in [9.17, 15) is 9.59 Å². The van der Waals surface area contributed by atoms with Gasteiger partial charge in [0.1, 0.15) is 12.4 Å². The number of amides is 2. The molecular formula is C17H14INO3. The SMILES string of the molecule is C[C@@H](COc1ccccc1I)N1C(=O)c2ccccc2C1=O. The average Bonchev–Trinajstić information content (AvgIpc) is 2.78. The van der Waals surface area contributed by atoms with Crippen LogP contribution in [0.4, 0.5) is 0 Å². The zero-order valence-electron chi connectivity index (χ0n) is 12.0. The van der Waals surface area contributed by atoms with Gasteiger partial charge in [0.2, 0.25) is 0 Å². The molecule has 4 nitrogen and oxygen atoms in total. The molecule has 2 amide bonds. The lowest BCUT2D eigenvalue weighted by Gasteiger charge is -2.22. The highest BCUT2D eigenvalue weighted by atomic mass is 127. The van der Waals surface area contributed by atoms with Crippen LogP contribution >= 0.6 is 22.6 Å². The van der Waals surface area contributed by atoms with Gasteiger partial charge >= 0.3 is 0 Å². The second-order valence-electron chi connectivity index (χ2n) is 5.12. The van der Waals surface area contributed by atoms with E-state index in [-0.39, 0.29) is 24.5 Å². The van der Waals surface area contributed by atoms with Crippen LogP contribution in [-0.4, -0.2) is 29.4 Å². The summed E-state index contributed by atoms with van der Waals surface area (Å²) in [4.78, 5) is 26.0. The van der Waals surface area contributed by atoms with Gasteiger partial charge in [0.05, 0.1) is 20.7 Å². The summed E-state index contributed by atoms with van der Waals surface area (Å²) in [6.07, 6.45) is 0. The highest BCUT2D eigenvalue weighted by Crippen LogP contribution is 2.25. The Bertz CT molecular complexity index is 709. The van der Waals surface area contributed by atoms with Crippen molar-refractivity contribution in [3.8, 4) is 5.75 Å². The third-order valence-corrected chi connectivity index (χ3v) is 4.47. The predicted octanol–water partition coefficient (Wildman–Crippen LogP) is 3.35. The van der Waals surface area contributed by atoms with Crippen molar-refractivity contribution in [2.45, 2.75) is 13.0 Å². The van der Waals surface area contributed by atoms with Gasteiger partial charge in [0.15, 0.2) is 0 Å². The molecule has 0 N–H and O–H groups in total. The Morgan fingerprint density at radius 1 is 1.00 bits per heavy atom. The minimum Gasteiger partial charge on any atom is -0.490 e. The highest BCUT2D eigenvalue weighted by Gasteiger charge is 2.38. The van der Waals surface area contributed by atoms with Crippen molar-refractivity contribution in [3.63, 3.8) is 0 Å². The van der Waals surface area contributed by atoms with Crippen LogP contribution in [-0.2, 0) is 0 Å². The van der Waals surface area contributed by atoms with Crippen molar-refractivity contribution in [2.75, 3.05) is 6.61 Å². The third kappa shape index (κ3) is 2.61. The van der Waals surface area contributed by atoms with E-state index >= 15 is 0 Å². The van der Waals surface area contributed by atoms with E-state index < -0.39 is 0 Å². The number of para-hydroxylation sites is 1. The number of hydrogen-bond acceptors (Lipinski definition) is 3. The summed E-state index contributed by atoms with van der Waals surface area (Å²) in [5, 5.41) is 0. The minimum atomic E-state index is -0.330. The zero-order valence-corrected chi connectivity index (χ0v) is 14.1.